The molecule has 0 N–H and O–H groups in total. The Bertz CT molecular complexity index is 1120. The van der Waals surface area contributed by atoms with Crippen molar-refractivity contribution in [1.29, 1.82) is 0 Å². The summed E-state index contributed by atoms with van der Waals surface area (Å²) in [6, 6.07) is 37.9. The van der Waals surface area contributed by atoms with Crippen molar-refractivity contribution in [2.24, 2.45) is 5.10 Å². The van der Waals surface area contributed by atoms with Gasteiger partial charge in [0.25, 0.3) is 0 Å². The summed E-state index contributed by atoms with van der Waals surface area (Å²) >= 11 is 0. The van der Waals surface area contributed by atoms with Crippen LogP contribution in [0.5, 0.6) is 0 Å². The molecule has 4 aromatic rings. The molecule has 0 heterocycles. The molecule has 0 unspecified atom stereocenters. The van der Waals surface area contributed by atoms with Crippen LogP contribution in [0.2, 0.25) is 0 Å². The van der Waals surface area contributed by atoms with Crippen molar-refractivity contribution in [2.45, 2.75) is 55.4 Å². The maximum Gasteiger partial charge on any atom is 0.0542 e. The van der Waals surface area contributed by atoms with Gasteiger partial charge in [0.2, 0.25) is 0 Å². The first kappa shape index (κ1) is 35.9. The van der Waals surface area contributed by atoms with E-state index in [4.69, 9.17) is 0 Å². The Morgan fingerprint density at radius 3 is 1.12 bits per heavy atom. The number of benzene rings is 4. The summed E-state index contributed by atoms with van der Waals surface area (Å²) in [5.41, 5.74) is 6.81. The zero-order valence-electron chi connectivity index (χ0n) is 26.5. The monoisotopic (exact) mass is 537 g/mol. The van der Waals surface area contributed by atoms with Crippen molar-refractivity contribution in [2.75, 3.05) is 19.0 Å². The molecular formula is C37H51N3. The van der Waals surface area contributed by atoms with E-state index < -0.39 is 0 Å². The minimum Gasteiger partial charge on any atom is -0.311 e. The lowest BCUT2D eigenvalue weighted by molar-refractivity contribution is 0.440. The maximum atomic E-state index is 4.27. The van der Waals surface area contributed by atoms with Gasteiger partial charge in [-0.3, -0.25) is 0 Å². The number of anilines is 3. The molecule has 0 atom stereocenters. The summed E-state index contributed by atoms with van der Waals surface area (Å²) in [4.78, 5) is 2.27. The van der Waals surface area contributed by atoms with Crippen molar-refractivity contribution in [3.05, 3.63) is 126 Å². The molecule has 0 aliphatic heterocycles. The first-order valence-corrected chi connectivity index (χ1v) is 14.7. The van der Waals surface area contributed by atoms with E-state index in [-0.39, 0.29) is 0 Å². The van der Waals surface area contributed by atoms with Crippen molar-refractivity contribution < 1.29 is 0 Å². The van der Waals surface area contributed by atoms with Gasteiger partial charge in [0.05, 0.1) is 6.21 Å². The van der Waals surface area contributed by atoms with Crippen molar-refractivity contribution >= 4 is 35.4 Å². The van der Waals surface area contributed by atoms with Gasteiger partial charge in [0.1, 0.15) is 0 Å². The molecule has 0 saturated heterocycles. The number of nitrogens with zero attached hydrogens (tertiary/aromatic N) is 3. The molecular weight excluding hydrogens is 486 g/mol. The predicted octanol–water partition coefficient (Wildman–Crippen LogP) is 11.3. The van der Waals surface area contributed by atoms with Crippen LogP contribution < -0.4 is 4.90 Å². The average Bonchev–Trinajstić information content (AvgIpc) is 3.05. The Morgan fingerprint density at radius 1 is 0.425 bits per heavy atom. The number of hydrogen-bond donors (Lipinski definition) is 0. The van der Waals surface area contributed by atoms with Crippen molar-refractivity contribution in [1.82, 2.24) is 5.01 Å². The minimum absolute atomic E-state index is 1.09. The molecule has 0 amide bonds. The van der Waals surface area contributed by atoms with Crippen LogP contribution in [-0.4, -0.2) is 25.3 Å². The summed E-state index contributed by atoms with van der Waals surface area (Å²) in [7, 11) is 3.83. The fourth-order valence-corrected chi connectivity index (χ4v) is 3.40. The van der Waals surface area contributed by atoms with Crippen LogP contribution in [-0.2, 0) is 0 Å². The molecule has 0 saturated carbocycles. The SMILES string of the molecule is CC.CC.CC.CC.CN(C)/N=C\c1ccc(/C=C/c2ccc(N(c3ccccc3)c3ccccc3)cc2)cc1. The second kappa shape index (κ2) is 22.8. The lowest BCUT2D eigenvalue weighted by Crippen LogP contribution is -2.09. The van der Waals surface area contributed by atoms with Gasteiger partial charge in [-0.2, -0.15) is 5.10 Å². The molecule has 0 radical (unpaired) electrons. The second-order valence-corrected chi connectivity index (χ2v) is 7.69. The average molecular weight is 538 g/mol. The molecule has 4 rings (SSSR count). The van der Waals surface area contributed by atoms with Crippen LogP contribution in [0.25, 0.3) is 12.2 Å². The van der Waals surface area contributed by atoms with Gasteiger partial charge >= 0.3 is 0 Å². The van der Waals surface area contributed by atoms with E-state index in [1.165, 1.54) is 0 Å². The lowest BCUT2D eigenvalue weighted by atomic mass is 10.1. The fourth-order valence-electron chi connectivity index (χ4n) is 3.40. The molecule has 0 aliphatic rings. The normalized spacial score (nSPS) is 9.55. The number of rotatable bonds is 7. The van der Waals surface area contributed by atoms with Gasteiger partial charge in [-0.05, 0) is 53.1 Å². The summed E-state index contributed by atoms with van der Waals surface area (Å²) in [5.74, 6) is 0. The van der Waals surface area contributed by atoms with E-state index in [1.807, 2.05) is 87.8 Å². The first-order chi connectivity index (χ1) is 19.7. The van der Waals surface area contributed by atoms with Crippen molar-refractivity contribution in [3.63, 3.8) is 0 Å². The second-order valence-electron chi connectivity index (χ2n) is 7.69. The molecule has 0 aliphatic carbocycles. The smallest absolute Gasteiger partial charge is 0.0542 e. The Hall–Kier alpha value is -4.11. The third-order valence-electron chi connectivity index (χ3n) is 5.02. The van der Waals surface area contributed by atoms with Crippen LogP contribution in [0.1, 0.15) is 72.1 Å². The van der Waals surface area contributed by atoms with E-state index in [1.54, 1.807) is 5.01 Å². The number of para-hydroxylation sites is 2. The van der Waals surface area contributed by atoms with Gasteiger partial charge in [0, 0.05) is 31.2 Å². The Labute approximate surface area is 245 Å². The molecule has 0 aromatic heterocycles. The molecule has 3 heteroatoms. The molecule has 0 spiro atoms. The maximum absolute atomic E-state index is 4.27. The molecule has 40 heavy (non-hydrogen) atoms. The molecule has 214 valence electrons. The third kappa shape index (κ3) is 12.6. The summed E-state index contributed by atoms with van der Waals surface area (Å²) in [6.45, 7) is 16.0. The Kier molecular flexibility index (Phi) is 20.5. The van der Waals surface area contributed by atoms with Gasteiger partial charge in [-0.1, -0.05) is 140 Å². The standard InChI is InChI=1S/C29H27N3.4C2H6/c1-31(2)30-23-26-17-15-24(16-18-26)13-14-25-19-21-29(22-20-25)32(27-9-5-3-6-10-27)28-11-7-4-8-12-28;4*1-2/h3-23H,1-2H3;4*1-2H3/b14-13+,30-23-;;;;. The van der Waals surface area contributed by atoms with E-state index in [0.717, 1.165) is 33.8 Å². The van der Waals surface area contributed by atoms with Crippen LogP contribution in [0, 0.1) is 0 Å². The minimum atomic E-state index is 1.09. The van der Waals surface area contributed by atoms with Crippen LogP contribution in [0.4, 0.5) is 17.1 Å². The first-order valence-electron chi connectivity index (χ1n) is 14.7. The number of hydrogen-bond acceptors (Lipinski definition) is 3. The van der Waals surface area contributed by atoms with E-state index in [2.05, 4.69) is 119 Å². The molecule has 4 aromatic carbocycles. The Balaban J connectivity index is 0.00000175. The zero-order chi connectivity index (χ0) is 30.2. The molecule has 0 bridgehead atoms. The highest BCUT2D eigenvalue weighted by Crippen LogP contribution is 2.34. The van der Waals surface area contributed by atoms with Crippen LogP contribution in [0.15, 0.2) is 114 Å². The zero-order valence-corrected chi connectivity index (χ0v) is 26.5. The van der Waals surface area contributed by atoms with E-state index in [9.17, 15) is 0 Å². The van der Waals surface area contributed by atoms with Crippen LogP contribution in [0.3, 0.4) is 0 Å². The summed E-state index contributed by atoms with van der Waals surface area (Å²) in [6.07, 6.45) is 6.13. The largest absolute Gasteiger partial charge is 0.311 e. The van der Waals surface area contributed by atoms with Gasteiger partial charge in [0.15, 0.2) is 0 Å². The highest BCUT2D eigenvalue weighted by Gasteiger charge is 2.11. The molecule has 3 nitrogen and oxygen atoms in total. The fraction of sp³-hybridized carbons (Fsp3) is 0.270. The Morgan fingerprint density at radius 2 is 0.750 bits per heavy atom. The highest BCUT2D eigenvalue weighted by molar-refractivity contribution is 5.81. The summed E-state index contributed by atoms with van der Waals surface area (Å²) < 4.78 is 0. The van der Waals surface area contributed by atoms with Gasteiger partial charge in [-0.15, -0.1) is 0 Å². The number of hydrazone groups is 1. The quantitative estimate of drug-likeness (QED) is 0.133. The highest BCUT2D eigenvalue weighted by atomic mass is 15.4. The van der Waals surface area contributed by atoms with Gasteiger partial charge < -0.3 is 9.91 Å². The van der Waals surface area contributed by atoms with Gasteiger partial charge in [-0.25, -0.2) is 0 Å². The van der Waals surface area contributed by atoms with E-state index >= 15 is 0 Å². The van der Waals surface area contributed by atoms with Crippen LogP contribution >= 0.6 is 0 Å². The van der Waals surface area contributed by atoms with E-state index in [0.29, 0.717) is 0 Å². The molecule has 0 fully saturated rings. The summed E-state index contributed by atoms with van der Waals surface area (Å²) in [5, 5.41) is 6.06. The predicted molar refractivity (Wildman–Crippen MR) is 183 cm³/mol. The lowest BCUT2D eigenvalue weighted by Gasteiger charge is -2.25. The van der Waals surface area contributed by atoms with Crippen molar-refractivity contribution in [3.8, 4) is 0 Å². The topological polar surface area (TPSA) is 18.8 Å². The third-order valence-corrected chi connectivity index (χ3v) is 5.02.